The Morgan fingerprint density at radius 3 is 2.59 bits per heavy atom. The molecule has 0 spiro atoms. The van der Waals surface area contributed by atoms with Crippen molar-refractivity contribution in [1.29, 1.82) is 0 Å². The lowest BCUT2D eigenvalue weighted by Crippen LogP contribution is -2.46. The maximum atomic E-state index is 12.0. The second-order valence-corrected chi connectivity index (χ2v) is 6.84. The van der Waals surface area contributed by atoms with E-state index in [0.29, 0.717) is 0 Å². The fraction of sp³-hybridized carbons (Fsp3) is 0.941. The molecule has 22 heavy (non-hydrogen) atoms. The molecule has 0 radical (unpaired) electrons. The Kier molecular flexibility index (Phi) is 8.02. The van der Waals surface area contributed by atoms with Gasteiger partial charge < -0.3 is 20.6 Å². The molecule has 1 saturated heterocycles. The van der Waals surface area contributed by atoms with E-state index in [1.165, 1.54) is 45.3 Å². The zero-order valence-corrected chi connectivity index (χ0v) is 13.9. The van der Waals surface area contributed by atoms with E-state index in [1.807, 2.05) is 0 Å². The zero-order chi connectivity index (χ0) is 15.6. The van der Waals surface area contributed by atoms with E-state index >= 15 is 0 Å². The Labute approximate surface area is 134 Å². The van der Waals surface area contributed by atoms with E-state index in [0.717, 1.165) is 38.6 Å². The van der Waals surface area contributed by atoms with Crippen LogP contribution in [0.5, 0.6) is 0 Å². The lowest BCUT2D eigenvalue weighted by Gasteiger charge is -2.24. The van der Waals surface area contributed by atoms with Crippen molar-refractivity contribution in [3.8, 4) is 0 Å². The van der Waals surface area contributed by atoms with Crippen LogP contribution in [0.3, 0.4) is 0 Å². The minimum Gasteiger partial charge on any atom is -0.396 e. The van der Waals surface area contributed by atoms with Gasteiger partial charge in [-0.05, 0) is 58.2 Å². The van der Waals surface area contributed by atoms with Crippen LogP contribution in [0, 0.1) is 5.92 Å². The number of hydrogen-bond acceptors (Lipinski definition) is 3. The van der Waals surface area contributed by atoms with Gasteiger partial charge in [-0.3, -0.25) is 0 Å². The molecule has 2 atom stereocenters. The maximum Gasteiger partial charge on any atom is 0.315 e. The van der Waals surface area contributed by atoms with Crippen LogP contribution in [0.15, 0.2) is 0 Å². The molecule has 3 N–H and O–H groups in total. The molecule has 5 nitrogen and oxygen atoms in total. The van der Waals surface area contributed by atoms with Gasteiger partial charge in [-0.1, -0.05) is 19.3 Å². The second-order valence-electron chi connectivity index (χ2n) is 6.84. The number of aliphatic hydroxyl groups is 1. The number of urea groups is 1. The molecule has 2 rings (SSSR count). The zero-order valence-electron chi connectivity index (χ0n) is 13.9. The minimum absolute atomic E-state index is 0.0634. The summed E-state index contributed by atoms with van der Waals surface area (Å²) in [5.74, 6) is 0.225. The van der Waals surface area contributed by atoms with Gasteiger partial charge in [-0.25, -0.2) is 4.79 Å². The summed E-state index contributed by atoms with van der Waals surface area (Å²) in [5, 5.41) is 15.5. The molecule has 1 aliphatic heterocycles. The van der Waals surface area contributed by atoms with Crippen molar-refractivity contribution >= 4 is 6.03 Å². The second kappa shape index (κ2) is 10.1. The number of aliphatic hydroxyl groups excluding tert-OH is 1. The van der Waals surface area contributed by atoms with E-state index in [1.54, 1.807) is 0 Å². The molecule has 0 aromatic rings. The molecule has 1 heterocycles. The molecular formula is C17H33N3O2. The molecule has 5 heteroatoms. The summed E-state index contributed by atoms with van der Waals surface area (Å²) in [6, 6.07) is 0.0728. The molecule has 2 amide bonds. The van der Waals surface area contributed by atoms with E-state index in [-0.39, 0.29) is 24.6 Å². The number of nitrogens with zero attached hydrogens (tertiary/aromatic N) is 1. The summed E-state index contributed by atoms with van der Waals surface area (Å²) < 4.78 is 0. The predicted octanol–water partition coefficient (Wildman–Crippen LogP) is 2.10. The minimum atomic E-state index is -0.0634. The predicted molar refractivity (Wildman–Crippen MR) is 88.9 cm³/mol. The third-order valence-electron chi connectivity index (χ3n) is 5.10. The third-order valence-corrected chi connectivity index (χ3v) is 5.10. The molecule has 2 fully saturated rings. The first-order valence-electron chi connectivity index (χ1n) is 9.17. The summed E-state index contributed by atoms with van der Waals surface area (Å²) in [7, 11) is 0. The Morgan fingerprint density at radius 2 is 1.82 bits per heavy atom. The Hall–Kier alpha value is -0.810. The van der Waals surface area contributed by atoms with Crippen LogP contribution >= 0.6 is 0 Å². The van der Waals surface area contributed by atoms with Crippen molar-refractivity contribution in [2.45, 2.75) is 63.8 Å². The molecule has 0 bridgehead atoms. The first-order chi connectivity index (χ1) is 10.8. The summed E-state index contributed by atoms with van der Waals surface area (Å²) in [6.07, 6.45) is 10.4. The van der Waals surface area contributed by atoms with Gasteiger partial charge >= 0.3 is 6.03 Å². The average Bonchev–Trinajstić information content (AvgIpc) is 2.93. The summed E-state index contributed by atoms with van der Waals surface area (Å²) in [5.41, 5.74) is 0. The fourth-order valence-electron chi connectivity index (χ4n) is 3.68. The van der Waals surface area contributed by atoms with Crippen LogP contribution in [0.2, 0.25) is 0 Å². The standard InChI is InChI=1S/C17H33N3O2/c21-14-15-8-2-1-3-9-16(15)19-17(22)18-10-4-5-11-20-12-6-7-13-20/h15-16,21H,1-14H2,(H2,18,19,22). The summed E-state index contributed by atoms with van der Waals surface area (Å²) in [6.45, 7) is 4.59. The van der Waals surface area contributed by atoms with E-state index in [2.05, 4.69) is 15.5 Å². The number of amides is 2. The normalized spacial score (nSPS) is 26.6. The largest absolute Gasteiger partial charge is 0.396 e. The SMILES string of the molecule is O=C(NCCCCN1CCCC1)NC1CCCCCC1CO. The van der Waals surface area contributed by atoms with E-state index < -0.39 is 0 Å². The van der Waals surface area contributed by atoms with Crippen LogP contribution in [0.4, 0.5) is 4.79 Å². The van der Waals surface area contributed by atoms with Crippen molar-refractivity contribution in [2.75, 3.05) is 32.8 Å². The van der Waals surface area contributed by atoms with E-state index in [9.17, 15) is 9.90 Å². The van der Waals surface area contributed by atoms with Crippen molar-refractivity contribution in [1.82, 2.24) is 15.5 Å². The Morgan fingerprint density at radius 1 is 1.05 bits per heavy atom. The van der Waals surface area contributed by atoms with Crippen molar-refractivity contribution in [2.24, 2.45) is 5.92 Å². The van der Waals surface area contributed by atoms with Crippen molar-refractivity contribution in [3.63, 3.8) is 0 Å². The average molecular weight is 311 g/mol. The number of carbonyl (C=O) groups excluding carboxylic acids is 1. The number of unbranched alkanes of at least 4 members (excludes halogenated alkanes) is 1. The molecule has 0 aromatic heterocycles. The van der Waals surface area contributed by atoms with Gasteiger partial charge in [-0.2, -0.15) is 0 Å². The van der Waals surface area contributed by atoms with Crippen molar-refractivity contribution in [3.05, 3.63) is 0 Å². The molecule has 2 aliphatic rings. The number of nitrogens with one attached hydrogen (secondary N) is 2. The van der Waals surface area contributed by atoms with Gasteiger partial charge in [0.2, 0.25) is 0 Å². The maximum absolute atomic E-state index is 12.0. The van der Waals surface area contributed by atoms with Gasteiger partial charge in [0, 0.05) is 25.1 Å². The third kappa shape index (κ3) is 6.13. The Balaban J connectivity index is 1.56. The molecule has 0 aromatic carbocycles. The Bertz CT molecular complexity index is 319. The first-order valence-corrected chi connectivity index (χ1v) is 9.17. The van der Waals surface area contributed by atoms with Gasteiger partial charge in [-0.15, -0.1) is 0 Å². The van der Waals surface area contributed by atoms with Crippen LogP contribution in [-0.2, 0) is 0 Å². The van der Waals surface area contributed by atoms with Crippen LogP contribution in [-0.4, -0.2) is 54.9 Å². The number of carbonyl (C=O) groups is 1. The highest BCUT2D eigenvalue weighted by molar-refractivity contribution is 5.74. The first kappa shape index (κ1) is 17.5. The van der Waals surface area contributed by atoms with Gasteiger partial charge in [0.1, 0.15) is 0 Å². The summed E-state index contributed by atoms with van der Waals surface area (Å²) in [4.78, 5) is 14.5. The van der Waals surface area contributed by atoms with Gasteiger partial charge in [0.05, 0.1) is 0 Å². The monoisotopic (exact) mass is 311 g/mol. The number of rotatable bonds is 7. The van der Waals surface area contributed by atoms with Crippen LogP contribution in [0.1, 0.15) is 57.8 Å². The fourth-order valence-corrected chi connectivity index (χ4v) is 3.68. The highest BCUT2D eigenvalue weighted by atomic mass is 16.3. The highest BCUT2D eigenvalue weighted by Crippen LogP contribution is 2.23. The quantitative estimate of drug-likeness (QED) is 0.498. The van der Waals surface area contributed by atoms with Crippen LogP contribution in [0.25, 0.3) is 0 Å². The highest BCUT2D eigenvalue weighted by Gasteiger charge is 2.24. The number of likely N-dealkylation sites (tertiary alicyclic amines) is 1. The van der Waals surface area contributed by atoms with E-state index in [4.69, 9.17) is 0 Å². The smallest absolute Gasteiger partial charge is 0.315 e. The lowest BCUT2D eigenvalue weighted by molar-refractivity contribution is 0.179. The molecule has 1 saturated carbocycles. The van der Waals surface area contributed by atoms with Gasteiger partial charge in [0.15, 0.2) is 0 Å². The summed E-state index contributed by atoms with van der Waals surface area (Å²) >= 11 is 0. The van der Waals surface area contributed by atoms with Crippen LogP contribution < -0.4 is 10.6 Å². The van der Waals surface area contributed by atoms with Crippen molar-refractivity contribution < 1.29 is 9.90 Å². The molecule has 1 aliphatic carbocycles. The molecule has 2 unspecified atom stereocenters. The lowest BCUT2D eigenvalue weighted by atomic mass is 9.96. The number of hydrogen-bond donors (Lipinski definition) is 3. The molecular weight excluding hydrogens is 278 g/mol. The topological polar surface area (TPSA) is 64.6 Å². The van der Waals surface area contributed by atoms with Gasteiger partial charge in [0.25, 0.3) is 0 Å². The molecule has 128 valence electrons.